The van der Waals surface area contributed by atoms with Crippen LogP contribution in [0.4, 0.5) is 0 Å². The minimum absolute atomic E-state index is 0.142. The summed E-state index contributed by atoms with van der Waals surface area (Å²) >= 11 is 0. The van der Waals surface area contributed by atoms with Gasteiger partial charge in [-0.1, -0.05) is 42.5 Å². The number of hydrogen-bond donors (Lipinski definition) is 0. The first kappa shape index (κ1) is 20.8. The van der Waals surface area contributed by atoms with Gasteiger partial charge in [-0.2, -0.15) is 0 Å². The van der Waals surface area contributed by atoms with Crippen LogP contribution in [0.3, 0.4) is 0 Å². The topological polar surface area (TPSA) is 65.9 Å². The molecule has 2 aromatic carbocycles. The highest BCUT2D eigenvalue weighted by molar-refractivity contribution is 6.16. The van der Waals surface area contributed by atoms with Crippen molar-refractivity contribution in [3.05, 3.63) is 66.4 Å². The highest BCUT2D eigenvalue weighted by atomic mass is 16.2. The zero-order valence-electron chi connectivity index (χ0n) is 19.7. The van der Waals surface area contributed by atoms with E-state index in [1.807, 2.05) is 34.2 Å². The molecule has 2 saturated carbocycles. The average Bonchev–Trinajstić information content (AvgIpc) is 3.82. The maximum Gasteiger partial charge on any atom is 0.256 e. The fourth-order valence-corrected chi connectivity index (χ4v) is 5.67. The third-order valence-electron chi connectivity index (χ3n) is 8.01. The Labute approximate surface area is 204 Å². The van der Waals surface area contributed by atoms with Gasteiger partial charge in [0.25, 0.3) is 5.91 Å². The van der Waals surface area contributed by atoms with Gasteiger partial charge in [0.2, 0.25) is 5.91 Å². The van der Waals surface area contributed by atoms with Crippen LogP contribution in [0.15, 0.2) is 65.8 Å². The summed E-state index contributed by atoms with van der Waals surface area (Å²) in [6, 6.07) is 18.7. The Bertz CT molecular complexity index is 1370. The fraction of sp³-hybridized carbons (Fsp3) is 0.379. The van der Waals surface area contributed by atoms with Gasteiger partial charge in [0.05, 0.1) is 5.52 Å². The summed E-state index contributed by atoms with van der Waals surface area (Å²) < 4.78 is 0. The molecule has 3 aromatic rings. The lowest BCUT2D eigenvalue weighted by Gasteiger charge is -2.23. The van der Waals surface area contributed by atoms with E-state index in [2.05, 4.69) is 41.4 Å². The molecule has 0 N–H and O–H groups in total. The highest BCUT2D eigenvalue weighted by Gasteiger charge is 2.57. The van der Waals surface area contributed by atoms with Crippen molar-refractivity contribution in [2.45, 2.75) is 37.6 Å². The van der Waals surface area contributed by atoms with Crippen molar-refractivity contribution in [1.29, 1.82) is 0 Å². The molecule has 0 radical (unpaired) electrons. The Kier molecular flexibility index (Phi) is 4.60. The van der Waals surface area contributed by atoms with Crippen LogP contribution in [0.5, 0.6) is 0 Å². The Morgan fingerprint density at radius 2 is 1.77 bits per heavy atom. The minimum Gasteiger partial charge on any atom is -0.342 e. The van der Waals surface area contributed by atoms with Crippen molar-refractivity contribution in [1.82, 2.24) is 14.8 Å². The average molecular weight is 465 g/mol. The number of hydrogen-bond acceptors (Lipinski definition) is 4. The number of carbonyl (C=O) groups is 2. The Morgan fingerprint density at radius 3 is 2.54 bits per heavy atom. The largest absolute Gasteiger partial charge is 0.342 e. The molecule has 3 fully saturated rings. The minimum atomic E-state index is -0.530. The maximum absolute atomic E-state index is 13.4. The van der Waals surface area contributed by atoms with Gasteiger partial charge >= 0.3 is 0 Å². The molecule has 6 heteroatoms. The van der Waals surface area contributed by atoms with E-state index in [1.165, 1.54) is 0 Å². The molecular weight excluding hydrogens is 436 g/mol. The number of pyridine rings is 1. The number of carbonyl (C=O) groups excluding carboxylic acids is 2. The molecule has 1 atom stereocenters. The molecule has 1 spiro atoms. The first-order chi connectivity index (χ1) is 17.1. The summed E-state index contributed by atoms with van der Waals surface area (Å²) in [4.78, 5) is 39.2. The number of benzene rings is 2. The van der Waals surface area contributed by atoms with Gasteiger partial charge in [0.15, 0.2) is 0 Å². The number of aliphatic imine (C=N–C) groups is 1. The summed E-state index contributed by atoms with van der Waals surface area (Å²) in [5, 5.41) is 1.13. The van der Waals surface area contributed by atoms with Crippen LogP contribution in [0.1, 0.15) is 37.7 Å². The first-order valence-electron chi connectivity index (χ1n) is 12.8. The van der Waals surface area contributed by atoms with E-state index in [1.54, 1.807) is 0 Å². The first-order valence-corrected chi connectivity index (χ1v) is 12.8. The number of aromatic nitrogens is 1. The van der Waals surface area contributed by atoms with Gasteiger partial charge in [0, 0.05) is 42.7 Å². The second-order valence-corrected chi connectivity index (χ2v) is 10.5. The van der Waals surface area contributed by atoms with Crippen LogP contribution in [-0.4, -0.2) is 57.6 Å². The van der Waals surface area contributed by atoms with Gasteiger partial charge in [-0.3, -0.25) is 24.5 Å². The van der Waals surface area contributed by atoms with Crippen molar-refractivity contribution in [3.8, 4) is 11.1 Å². The molecule has 3 heterocycles. The smallest absolute Gasteiger partial charge is 0.256 e. The molecule has 2 aliphatic heterocycles. The molecule has 7 rings (SSSR count). The lowest BCUT2D eigenvalue weighted by molar-refractivity contribution is -0.131. The van der Waals surface area contributed by atoms with Gasteiger partial charge in [-0.05, 0) is 61.3 Å². The number of fused-ring (bicyclic) bond motifs is 1. The third-order valence-corrected chi connectivity index (χ3v) is 8.01. The summed E-state index contributed by atoms with van der Waals surface area (Å²) in [6.07, 6.45) is 6.52. The molecular formula is C29H28N4O2. The van der Waals surface area contributed by atoms with Gasteiger partial charge in [-0.25, -0.2) is 0 Å². The van der Waals surface area contributed by atoms with Crippen LogP contribution in [0.25, 0.3) is 22.0 Å². The molecule has 35 heavy (non-hydrogen) atoms. The lowest BCUT2D eigenvalue weighted by Crippen LogP contribution is -2.40. The number of likely N-dealkylation sites (tertiary alicyclic amines) is 1. The van der Waals surface area contributed by atoms with E-state index in [0.717, 1.165) is 78.6 Å². The van der Waals surface area contributed by atoms with E-state index < -0.39 is 5.54 Å². The molecule has 0 bridgehead atoms. The van der Waals surface area contributed by atoms with Crippen molar-refractivity contribution < 1.29 is 9.59 Å². The molecule has 1 saturated heterocycles. The van der Waals surface area contributed by atoms with Crippen molar-refractivity contribution >= 4 is 28.6 Å². The maximum atomic E-state index is 13.4. The van der Waals surface area contributed by atoms with E-state index >= 15 is 0 Å². The summed E-state index contributed by atoms with van der Waals surface area (Å²) in [6.45, 7) is 2.21. The van der Waals surface area contributed by atoms with Crippen LogP contribution in [0, 0.1) is 11.8 Å². The predicted molar refractivity (Wildman–Crippen MR) is 135 cm³/mol. The van der Waals surface area contributed by atoms with Crippen LogP contribution in [-0.2, 0) is 9.59 Å². The number of amidine groups is 1. The summed E-state index contributed by atoms with van der Waals surface area (Å²) in [7, 11) is 0. The fourth-order valence-electron chi connectivity index (χ4n) is 5.67. The molecule has 176 valence electrons. The van der Waals surface area contributed by atoms with E-state index in [9.17, 15) is 9.59 Å². The van der Waals surface area contributed by atoms with Crippen LogP contribution < -0.4 is 0 Å². The summed E-state index contributed by atoms with van der Waals surface area (Å²) in [5.41, 5.74) is 3.70. The van der Waals surface area contributed by atoms with Crippen LogP contribution >= 0.6 is 0 Å². The normalized spacial score (nSPS) is 22.8. The van der Waals surface area contributed by atoms with E-state index in [4.69, 9.17) is 4.99 Å². The Morgan fingerprint density at radius 1 is 0.971 bits per heavy atom. The van der Waals surface area contributed by atoms with Crippen molar-refractivity contribution in [2.75, 3.05) is 19.6 Å². The van der Waals surface area contributed by atoms with Gasteiger partial charge < -0.3 is 4.90 Å². The summed E-state index contributed by atoms with van der Waals surface area (Å²) in [5.74, 6) is 1.81. The SMILES string of the molecule is O=C(C1CC1)N1CC[C@@H](CN2C(=O)C3(CC3)N=C2c2ccc(-c3cccc4ncccc34)cc2)C1. The second kappa shape index (κ2) is 7.74. The molecule has 4 aliphatic rings. The quantitative estimate of drug-likeness (QED) is 0.566. The number of nitrogens with zero attached hydrogens (tertiary/aromatic N) is 4. The molecule has 6 nitrogen and oxygen atoms in total. The molecule has 0 unspecified atom stereocenters. The van der Waals surface area contributed by atoms with Gasteiger partial charge in [0.1, 0.15) is 11.4 Å². The second-order valence-electron chi connectivity index (χ2n) is 10.5. The number of rotatable bonds is 5. The van der Waals surface area contributed by atoms with Gasteiger partial charge in [-0.15, -0.1) is 0 Å². The van der Waals surface area contributed by atoms with Crippen molar-refractivity contribution in [2.24, 2.45) is 16.8 Å². The zero-order chi connectivity index (χ0) is 23.6. The monoisotopic (exact) mass is 464 g/mol. The van der Waals surface area contributed by atoms with Crippen LogP contribution in [0.2, 0.25) is 0 Å². The Balaban J connectivity index is 1.14. The zero-order valence-corrected chi connectivity index (χ0v) is 19.7. The third kappa shape index (κ3) is 3.54. The van der Waals surface area contributed by atoms with E-state index in [0.29, 0.717) is 18.4 Å². The highest BCUT2D eigenvalue weighted by Crippen LogP contribution is 2.46. The molecule has 2 aliphatic carbocycles. The lowest BCUT2D eigenvalue weighted by atomic mass is 9.99. The van der Waals surface area contributed by atoms with Crippen molar-refractivity contribution in [3.63, 3.8) is 0 Å². The predicted octanol–water partition coefficient (Wildman–Crippen LogP) is 4.28. The standard InChI is InChI=1S/C29H28N4O2/c34-27(22-10-11-22)32-16-12-19(17-32)18-33-26(31-29(13-14-29)28(33)35)21-8-6-20(7-9-21)23-3-1-5-25-24(23)4-2-15-30-25/h1-9,15,19,22H,10-14,16-18H2/t19-/m1/s1. The molecule has 1 aromatic heterocycles. The molecule has 2 amide bonds. The Hall–Kier alpha value is -3.54. The van der Waals surface area contributed by atoms with E-state index in [-0.39, 0.29) is 11.8 Å². The number of amides is 2.